The molecule has 1 saturated heterocycles. The highest BCUT2D eigenvalue weighted by Crippen LogP contribution is 2.35. The van der Waals surface area contributed by atoms with Crippen molar-refractivity contribution in [2.45, 2.75) is 23.6 Å². The molecule has 2 aliphatic rings. The van der Waals surface area contributed by atoms with E-state index < -0.39 is 21.5 Å². The molecule has 0 atom stereocenters. The maximum atomic E-state index is 11.7. The predicted octanol–water partition coefficient (Wildman–Crippen LogP) is -1.34. The van der Waals surface area contributed by atoms with Crippen LogP contribution >= 0.6 is 0 Å². The fourth-order valence-corrected chi connectivity index (χ4v) is 3.65. The minimum absolute atomic E-state index is 0.0402. The summed E-state index contributed by atoms with van der Waals surface area (Å²) in [6.07, 6.45) is 1.43. The molecule has 0 aromatic heterocycles. The summed E-state index contributed by atoms with van der Waals surface area (Å²) in [6, 6.07) is 0. The van der Waals surface area contributed by atoms with Gasteiger partial charge in [0.05, 0.1) is 12.4 Å². The average molecular weight is 234 g/mol. The lowest BCUT2D eigenvalue weighted by molar-refractivity contribution is -0.151. The molecule has 6 nitrogen and oxygen atoms in total. The summed E-state index contributed by atoms with van der Waals surface area (Å²) in [7, 11) is -1.95. The quantitative estimate of drug-likeness (QED) is 0.611. The van der Waals surface area contributed by atoms with E-state index in [1.54, 1.807) is 0 Å². The Morgan fingerprint density at radius 3 is 2.40 bits per heavy atom. The van der Waals surface area contributed by atoms with Gasteiger partial charge in [0.1, 0.15) is 5.54 Å². The highest BCUT2D eigenvalue weighted by Gasteiger charge is 2.54. The van der Waals surface area contributed by atoms with Gasteiger partial charge in [0.25, 0.3) is 0 Å². The van der Waals surface area contributed by atoms with Crippen molar-refractivity contribution >= 4 is 16.0 Å². The molecule has 0 radical (unpaired) electrons. The van der Waals surface area contributed by atoms with E-state index in [0.29, 0.717) is 12.8 Å². The first-order valence-electron chi connectivity index (χ1n) is 4.76. The van der Waals surface area contributed by atoms with Gasteiger partial charge >= 0.3 is 5.97 Å². The molecular weight excluding hydrogens is 220 g/mol. The van der Waals surface area contributed by atoms with Gasteiger partial charge in [-0.15, -0.1) is 0 Å². The van der Waals surface area contributed by atoms with E-state index in [2.05, 4.69) is 4.74 Å². The molecule has 0 unspecified atom stereocenters. The number of carbonyl (C=O) groups is 1. The summed E-state index contributed by atoms with van der Waals surface area (Å²) in [5.41, 5.74) is 4.54. The van der Waals surface area contributed by atoms with Crippen LogP contribution in [0.5, 0.6) is 0 Å². The van der Waals surface area contributed by atoms with Crippen LogP contribution in [0.4, 0.5) is 0 Å². The number of rotatable bonds is 3. The molecular formula is C8H14N2O4S. The lowest BCUT2D eigenvalue weighted by Gasteiger charge is -2.43. The highest BCUT2D eigenvalue weighted by molar-refractivity contribution is 7.90. The van der Waals surface area contributed by atoms with Crippen LogP contribution in [0.1, 0.15) is 12.8 Å². The lowest BCUT2D eigenvalue weighted by Crippen LogP contribution is -2.73. The zero-order valence-corrected chi connectivity index (χ0v) is 9.29. The molecule has 0 aromatic rings. The van der Waals surface area contributed by atoms with E-state index in [9.17, 15) is 13.2 Å². The molecule has 7 heteroatoms. The van der Waals surface area contributed by atoms with Crippen molar-refractivity contribution in [2.75, 3.05) is 20.2 Å². The summed E-state index contributed by atoms with van der Waals surface area (Å²) in [5, 5.41) is -0.250. The van der Waals surface area contributed by atoms with E-state index in [1.165, 1.54) is 11.4 Å². The van der Waals surface area contributed by atoms with Gasteiger partial charge in [0.15, 0.2) is 0 Å². The number of ether oxygens (including phenoxy) is 1. The molecule has 0 bridgehead atoms. The van der Waals surface area contributed by atoms with Crippen molar-refractivity contribution in [1.29, 1.82) is 0 Å². The zero-order chi connectivity index (χ0) is 11.3. The third-order valence-corrected chi connectivity index (χ3v) is 5.11. The molecule has 1 saturated carbocycles. The van der Waals surface area contributed by atoms with Crippen LogP contribution in [0.15, 0.2) is 0 Å². The monoisotopic (exact) mass is 234 g/mol. The first-order chi connectivity index (χ1) is 6.90. The Bertz CT molecular complexity index is 381. The molecule has 1 aliphatic heterocycles. The van der Waals surface area contributed by atoms with Crippen LogP contribution in [0.25, 0.3) is 0 Å². The highest BCUT2D eigenvalue weighted by atomic mass is 32.2. The number of hydrogen-bond acceptors (Lipinski definition) is 5. The average Bonchev–Trinajstić information content (AvgIpc) is 2.94. The fraction of sp³-hybridized carbons (Fsp3) is 0.875. The summed E-state index contributed by atoms with van der Waals surface area (Å²) < 4.78 is 29.2. The Morgan fingerprint density at radius 1 is 1.47 bits per heavy atom. The molecule has 86 valence electrons. The van der Waals surface area contributed by atoms with E-state index in [-0.39, 0.29) is 18.3 Å². The van der Waals surface area contributed by atoms with Crippen LogP contribution < -0.4 is 5.73 Å². The van der Waals surface area contributed by atoms with Gasteiger partial charge in [-0.2, -0.15) is 4.31 Å². The van der Waals surface area contributed by atoms with Gasteiger partial charge < -0.3 is 10.5 Å². The minimum atomic E-state index is -3.20. The van der Waals surface area contributed by atoms with Crippen molar-refractivity contribution in [3.05, 3.63) is 0 Å². The molecule has 2 fully saturated rings. The number of nitrogens with zero attached hydrogens (tertiary/aromatic N) is 1. The van der Waals surface area contributed by atoms with Gasteiger partial charge in [-0.3, -0.25) is 0 Å². The number of hydrogen-bond donors (Lipinski definition) is 1. The van der Waals surface area contributed by atoms with Gasteiger partial charge in [0.2, 0.25) is 10.0 Å². The van der Waals surface area contributed by atoms with E-state index in [0.717, 1.165) is 0 Å². The number of methoxy groups -OCH3 is 1. The number of sulfonamides is 1. The molecule has 2 rings (SSSR count). The second kappa shape index (κ2) is 3.16. The maximum absolute atomic E-state index is 11.7. The second-order valence-electron chi connectivity index (χ2n) is 4.16. The first-order valence-corrected chi connectivity index (χ1v) is 6.27. The summed E-state index contributed by atoms with van der Waals surface area (Å²) in [4.78, 5) is 11.2. The maximum Gasteiger partial charge on any atom is 0.328 e. The SMILES string of the molecule is COC(=O)C1(N)CN(S(=O)(=O)C2CC2)C1. The van der Waals surface area contributed by atoms with Crippen molar-refractivity contribution < 1.29 is 17.9 Å². The van der Waals surface area contributed by atoms with Gasteiger partial charge in [-0.1, -0.05) is 0 Å². The Labute approximate surface area is 88.4 Å². The van der Waals surface area contributed by atoms with Crippen LogP contribution in [-0.4, -0.2) is 49.7 Å². The smallest absolute Gasteiger partial charge is 0.328 e. The molecule has 2 N–H and O–H groups in total. The molecule has 0 spiro atoms. The zero-order valence-electron chi connectivity index (χ0n) is 8.47. The number of carbonyl (C=O) groups excluding carboxylic acids is 1. The van der Waals surface area contributed by atoms with Crippen molar-refractivity contribution in [1.82, 2.24) is 4.31 Å². The number of nitrogens with two attached hydrogens (primary N) is 1. The molecule has 0 amide bonds. The van der Waals surface area contributed by atoms with Crippen LogP contribution in [0.3, 0.4) is 0 Å². The van der Waals surface area contributed by atoms with Gasteiger partial charge in [-0.05, 0) is 12.8 Å². The molecule has 1 heterocycles. The van der Waals surface area contributed by atoms with Crippen LogP contribution in [0, 0.1) is 0 Å². The lowest BCUT2D eigenvalue weighted by atomic mass is 9.94. The van der Waals surface area contributed by atoms with Crippen LogP contribution in [-0.2, 0) is 19.6 Å². The largest absolute Gasteiger partial charge is 0.468 e. The van der Waals surface area contributed by atoms with E-state index >= 15 is 0 Å². The number of esters is 1. The third-order valence-electron chi connectivity index (χ3n) is 2.81. The Balaban J connectivity index is 2.01. The standard InChI is InChI=1S/C8H14N2O4S/c1-14-7(11)8(9)4-10(5-8)15(12,13)6-2-3-6/h6H,2-5,9H2,1H3. The van der Waals surface area contributed by atoms with Crippen molar-refractivity contribution in [3.8, 4) is 0 Å². The van der Waals surface area contributed by atoms with Gasteiger partial charge in [0, 0.05) is 13.1 Å². The predicted molar refractivity (Wildman–Crippen MR) is 52.4 cm³/mol. The Morgan fingerprint density at radius 2 is 2.00 bits per heavy atom. The van der Waals surface area contributed by atoms with E-state index in [4.69, 9.17) is 5.73 Å². The van der Waals surface area contributed by atoms with Crippen LogP contribution in [0.2, 0.25) is 0 Å². The fourth-order valence-electron chi connectivity index (χ4n) is 1.67. The molecule has 15 heavy (non-hydrogen) atoms. The van der Waals surface area contributed by atoms with E-state index in [1.807, 2.05) is 0 Å². The summed E-state index contributed by atoms with van der Waals surface area (Å²) in [6.45, 7) is 0.0804. The topological polar surface area (TPSA) is 89.7 Å². The Kier molecular flexibility index (Phi) is 2.29. The third kappa shape index (κ3) is 1.64. The Hall–Kier alpha value is -0.660. The minimum Gasteiger partial charge on any atom is -0.468 e. The summed E-state index contributed by atoms with van der Waals surface area (Å²) >= 11 is 0. The summed E-state index contributed by atoms with van der Waals surface area (Å²) in [5.74, 6) is -0.551. The normalized spacial score (nSPS) is 25.7. The van der Waals surface area contributed by atoms with Crippen molar-refractivity contribution in [3.63, 3.8) is 0 Å². The molecule has 0 aromatic carbocycles. The van der Waals surface area contributed by atoms with Crippen molar-refractivity contribution in [2.24, 2.45) is 5.73 Å². The molecule has 1 aliphatic carbocycles. The second-order valence-corrected chi connectivity index (χ2v) is 6.37. The first kappa shape index (κ1) is 10.8. The van der Waals surface area contributed by atoms with Gasteiger partial charge in [-0.25, -0.2) is 13.2 Å².